The van der Waals surface area contributed by atoms with E-state index in [1.54, 1.807) is 0 Å². The zero-order valence-corrected chi connectivity index (χ0v) is 8.71. The van der Waals surface area contributed by atoms with Crippen LogP contribution >= 0.6 is 0 Å². The highest BCUT2D eigenvalue weighted by molar-refractivity contribution is 5.73. The third-order valence-corrected chi connectivity index (χ3v) is 3.25. The normalized spacial score (nSPS) is 31.6. The molecule has 0 radical (unpaired) electrons. The third-order valence-electron chi connectivity index (χ3n) is 3.25. The van der Waals surface area contributed by atoms with Crippen LogP contribution in [0.15, 0.2) is 11.1 Å². The summed E-state index contributed by atoms with van der Waals surface area (Å²) in [6, 6.07) is 0. The van der Waals surface area contributed by atoms with Crippen molar-refractivity contribution in [1.29, 1.82) is 0 Å². The lowest BCUT2D eigenvalue weighted by molar-refractivity contribution is -0.146. The number of hydrogen-bond donors (Lipinski definition) is 0. The highest BCUT2D eigenvalue weighted by Gasteiger charge is 2.33. The largest absolute Gasteiger partial charge is 0.469 e. The second-order valence-corrected chi connectivity index (χ2v) is 4.18. The SMILES string of the molecule is COC(=O)[C@@H]1CC2=C(COC2)[C@H](C)C1. The molecule has 3 heteroatoms. The average molecular weight is 196 g/mol. The minimum absolute atomic E-state index is 0.0513. The van der Waals surface area contributed by atoms with Crippen LogP contribution in [-0.4, -0.2) is 26.3 Å². The van der Waals surface area contributed by atoms with E-state index in [9.17, 15) is 4.79 Å². The fraction of sp³-hybridized carbons (Fsp3) is 0.727. The van der Waals surface area contributed by atoms with Gasteiger partial charge in [-0.05, 0) is 29.9 Å². The van der Waals surface area contributed by atoms with Crippen molar-refractivity contribution < 1.29 is 14.3 Å². The van der Waals surface area contributed by atoms with Crippen molar-refractivity contribution >= 4 is 5.97 Å². The predicted octanol–water partition coefficient (Wildman–Crippen LogP) is 1.53. The monoisotopic (exact) mass is 196 g/mol. The lowest BCUT2D eigenvalue weighted by Crippen LogP contribution is -2.24. The van der Waals surface area contributed by atoms with Gasteiger partial charge >= 0.3 is 5.97 Å². The molecule has 2 atom stereocenters. The highest BCUT2D eigenvalue weighted by Crippen LogP contribution is 2.37. The Kier molecular flexibility index (Phi) is 2.59. The summed E-state index contributed by atoms with van der Waals surface area (Å²) in [5, 5.41) is 0. The van der Waals surface area contributed by atoms with E-state index < -0.39 is 0 Å². The van der Waals surface area contributed by atoms with Crippen molar-refractivity contribution in [3.8, 4) is 0 Å². The maximum Gasteiger partial charge on any atom is 0.309 e. The van der Waals surface area contributed by atoms with Crippen LogP contribution in [0.1, 0.15) is 19.8 Å². The lowest BCUT2D eigenvalue weighted by atomic mass is 9.79. The Morgan fingerprint density at radius 2 is 2.29 bits per heavy atom. The number of ether oxygens (including phenoxy) is 2. The van der Waals surface area contributed by atoms with E-state index in [1.807, 2.05) is 0 Å². The van der Waals surface area contributed by atoms with Gasteiger partial charge in [0.25, 0.3) is 0 Å². The zero-order valence-electron chi connectivity index (χ0n) is 8.71. The van der Waals surface area contributed by atoms with Crippen LogP contribution in [-0.2, 0) is 14.3 Å². The summed E-state index contributed by atoms with van der Waals surface area (Å²) in [6.07, 6.45) is 1.75. The Morgan fingerprint density at radius 3 is 3.00 bits per heavy atom. The summed E-state index contributed by atoms with van der Waals surface area (Å²) < 4.78 is 10.2. The Balaban J connectivity index is 2.12. The maximum absolute atomic E-state index is 11.4. The maximum atomic E-state index is 11.4. The van der Waals surface area contributed by atoms with Crippen molar-refractivity contribution in [2.45, 2.75) is 19.8 Å². The molecule has 0 bridgehead atoms. The molecule has 1 heterocycles. The van der Waals surface area contributed by atoms with Crippen molar-refractivity contribution in [3.05, 3.63) is 11.1 Å². The van der Waals surface area contributed by atoms with Crippen LogP contribution in [0.4, 0.5) is 0 Å². The minimum atomic E-state index is -0.0738. The number of carbonyl (C=O) groups is 1. The van der Waals surface area contributed by atoms with E-state index in [0.29, 0.717) is 12.5 Å². The van der Waals surface area contributed by atoms with Crippen LogP contribution in [0, 0.1) is 11.8 Å². The van der Waals surface area contributed by atoms with Gasteiger partial charge in [0.05, 0.1) is 26.2 Å². The Morgan fingerprint density at radius 1 is 1.50 bits per heavy atom. The van der Waals surface area contributed by atoms with Crippen LogP contribution in [0.3, 0.4) is 0 Å². The fourth-order valence-corrected chi connectivity index (χ4v) is 2.46. The summed E-state index contributed by atoms with van der Waals surface area (Å²) >= 11 is 0. The molecular formula is C11H16O3. The van der Waals surface area contributed by atoms with Crippen LogP contribution in [0.25, 0.3) is 0 Å². The van der Waals surface area contributed by atoms with Gasteiger partial charge in [0.15, 0.2) is 0 Å². The highest BCUT2D eigenvalue weighted by atomic mass is 16.5. The molecule has 1 aliphatic carbocycles. The molecule has 0 N–H and O–H groups in total. The second-order valence-electron chi connectivity index (χ2n) is 4.18. The average Bonchev–Trinajstić information content (AvgIpc) is 2.64. The molecule has 14 heavy (non-hydrogen) atoms. The van der Waals surface area contributed by atoms with Crippen molar-refractivity contribution in [2.24, 2.45) is 11.8 Å². The summed E-state index contributed by atoms with van der Waals surface area (Å²) in [4.78, 5) is 11.4. The van der Waals surface area contributed by atoms with Crippen molar-refractivity contribution in [3.63, 3.8) is 0 Å². The van der Waals surface area contributed by atoms with E-state index in [4.69, 9.17) is 9.47 Å². The van der Waals surface area contributed by atoms with E-state index in [2.05, 4.69) is 6.92 Å². The molecule has 2 aliphatic rings. The van der Waals surface area contributed by atoms with E-state index in [0.717, 1.165) is 19.4 Å². The minimum Gasteiger partial charge on any atom is -0.469 e. The van der Waals surface area contributed by atoms with Gasteiger partial charge in [-0.1, -0.05) is 6.92 Å². The molecule has 0 fully saturated rings. The molecular weight excluding hydrogens is 180 g/mol. The molecule has 0 aromatic heterocycles. The summed E-state index contributed by atoms with van der Waals surface area (Å²) in [5.74, 6) is 0.455. The summed E-state index contributed by atoms with van der Waals surface area (Å²) in [7, 11) is 1.46. The quantitative estimate of drug-likeness (QED) is 0.471. The second kappa shape index (κ2) is 3.73. The standard InChI is InChI=1S/C11H16O3/c1-7-3-8(11(12)13-2)4-9-5-14-6-10(7)9/h7-8H,3-6H2,1-2H3/t7-,8+/m1/s1. The number of carbonyl (C=O) groups excluding carboxylic acids is 1. The smallest absolute Gasteiger partial charge is 0.309 e. The molecule has 0 saturated heterocycles. The third kappa shape index (κ3) is 1.57. The van der Waals surface area contributed by atoms with Gasteiger partial charge in [-0.25, -0.2) is 0 Å². The number of rotatable bonds is 1. The topological polar surface area (TPSA) is 35.5 Å². The number of esters is 1. The lowest BCUT2D eigenvalue weighted by Gasteiger charge is -2.26. The molecule has 2 rings (SSSR count). The number of methoxy groups -OCH3 is 1. The first-order valence-electron chi connectivity index (χ1n) is 5.08. The van der Waals surface area contributed by atoms with Gasteiger partial charge in [-0.3, -0.25) is 4.79 Å². The van der Waals surface area contributed by atoms with Gasteiger partial charge in [-0.2, -0.15) is 0 Å². The van der Waals surface area contributed by atoms with Gasteiger partial charge in [-0.15, -0.1) is 0 Å². The Labute approximate surface area is 84.1 Å². The first kappa shape index (κ1) is 9.71. The predicted molar refractivity (Wildman–Crippen MR) is 51.7 cm³/mol. The summed E-state index contributed by atoms with van der Waals surface area (Å²) in [5.41, 5.74) is 2.75. The molecule has 0 unspecified atom stereocenters. The summed E-state index contributed by atoms with van der Waals surface area (Å²) in [6.45, 7) is 3.65. The molecule has 0 spiro atoms. The molecule has 3 nitrogen and oxygen atoms in total. The van der Waals surface area contributed by atoms with Gasteiger partial charge in [0, 0.05) is 0 Å². The number of hydrogen-bond acceptors (Lipinski definition) is 3. The van der Waals surface area contributed by atoms with Gasteiger partial charge in [0.2, 0.25) is 0 Å². The fourth-order valence-electron chi connectivity index (χ4n) is 2.46. The van der Waals surface area contributed by atoms with Crippen LogP contribution in [0.5, 0.6) is 0 Å². The van der Waals surface area contributed by atoms with Gasteiger partial charge in [0.1, 0.15) is 0 Å². The van der Waals surface area contributed by atoms with Gasteiger partial charge < -0.3 is 9.47 Å². The van der Waals surface area contributed by atoms with Crippen LogP contribution in [0.2, 0.25) is 0 Å². The zero-order chi connectivity index (χ0) is 10.1. The Bertz CT molecular complexity index is 280. The molecule has 0 aromatic rings. The molecule has 1 aliphatic heterocycles. The first-order valence-corrected chi connectivity index (χ1v) is 5.08. The first-order chi connectivity index (χ1) is 6.72. The van der Waals surface area contributed by atoms with E-state index >= 15 is 0 Å². The molecule has 0 saturated carbocycles. The van der Waals surface area contributed by atoms with E-state index in [1.165, 1.54) is 18.3 Å². The van der Waals surface area contributed by atoms with Crippen molar-refractivity contribution in [1.82, 2.24) is 0 Å². The van der Waals surface area contributed by atoms with Crippen LogP contribution < -0.4 is 0 Å². The van der Waals surface area contributed by atoms with E-state index in [-0.39, 0.29) is 11.9 Å². The molecule has 0 aromatic carbocycles. The molecule has 0 amide bonds. The van der Waals surface area contributed by atoms with Crippen molar-refractivity contribution in [2.75, 3.05) is 20.3 Å². The Hall–Kier alpha value is -0.830. The molecule has 78 valence electrons.